The van der Waals surface area contributed by atoms with Crippen LogP contribution in [-0.4, -0.2) is 46.9 Å². The quantitative estimate of drug-likeness (QED) is 0.579. The normalized spacial score (nSPS) is 35.5. The largest absolute Gasteiger partial charge is 0.337 e. The fraction of sp³-hybridized carbons (Fsp3) is 0.909. The predicted molar refractivity (Wildman–Crippen MR) is 56.1 cm³/mol. The van der Waals surface area contributed by atoms with Crippen LogP contribution in [0.3, 0.4) is 0 Å². The van der Waals surface area contributed by atoms with E-state index >= 15 is 0 Å². The average molecular weight is 196 g/mol. The van der Waals surface area contributed by atoms with Crippen LogP contribution in [0.2, 0.25) is 0 Å². The molecule has 2 unspecified atom stereocenters. The van der Waals surface area contributed by atoms with Gasteiger partial charge in [0.05, 0.1) is 0 Å². The number of rotatable bonds is 0. The van der Waals surface area contributed by atoms with E-state index in [-0.39, 0.29) is 11.4 Å². The first-order valence-electron chi connectivity index (χ1n) is 5.53. The molecule has 0 N–H and O–H groups in total. The zero-order valence-corrected chi connectivity index (χ0v) is 9.42. The minimum absolute atomic E-state index is 0.169. The van der Waals surface area contributed by atoms with Crippen molar-refractivity contribution in [1.29, 1.82) is 0 Å². The second kappa shape index (κ2) is 3.23. The van der Waals surface area contributed by atoms with Crippen molar-refractivity contribution in [2.75, 3.05) is 19.6 Å². The van der Waals surface area contributed by atoms with Crippen LogP contribution in [0.4, 0.5) is 0 Å². The van der Waals surface area contributed by atoms with Crippen molar-refractivity contribution >= 4 is 5.91 Å². The van der Waals surface area contributed by atoms with Gasteiger partial charge in [-0.1, -0.05) is 0 Å². The van der Waals surface area contributed by atoms with Crippen LogP contribution < -0.4 is 0 Å². The summed E-state index contributed by atoms with van der Waals surface area (Å²) in [6.45, 7) is 9.35. The number of fused-ring (bicyclic) bond motifs is 2. The maximum absolute atomic E-state index is 11.5. The zero-order chi connectivity index (χ0) is 10.3. The molecule has 2 rings (SSSR count). The van der Waals surface area contributed by atoms with Gasteiger partial charge in [-0.2, -0.15) is 0 Å². The number of carbonyl (C=O) groups is 1. The molecule has 1 amide bonds. The summed E-state index contributed by atoms with van der Waals surface area (Å²) in [5, 5.41) is 0. The van der Waals surface area contributed by atoms with Gasteiger partial charge in [0, 0.05) is 31.6 Å². The minimum atomic E-state index is 0.169. The van der Waals surface area contributed by atoms with Crippen LogP contribution in [0.15, 0.2) is 0 Å². The summed E-state index contributed by atoms with van der Waals surface area (Å²) < 4.78 is 0. The maximum atomic E-state index is 11.5. The summed E-state index contributed by atoms with van der Waals surface area (Å²) in [5.74, 6) is 0.240. The van der Waals surface area contributed by atoms with Crippen molar-refractivity contribution in [3.63, 3.8) is 0 Å². The van der Waals surface area contributed by atoms with Gasteiger partial charge >= 0.3 is 0 Å². The molecule has 2 aliphatic rings. The van der Waals surface area contributed by atoms with Gasteiger partial charge in [-0.25, -0.2) is 0 Å². The molecule has 0 radical (unpaired) electrons. The number of piperazine rings is 1. The molecule has 3 nitrogen and oxygen atoms in total. The third-order valence-corrected chi connectivity index (χ3v) is 3.66. The minimum Gasteiger partial charge on any atom is -0.337 e. The van der Waals surface area contributed by atoms with E-state index in [1.807, 2.05) is 0 Å². The highest BCUT2D eigenvalue weighted by Crippen LogP contribution is 2.30. The molecule has 2 fully saturated rings. The van der Waals surface area contributed by atoms with Gasteiger partial charge < -0.3 is 4.90 Å². The van der Waals surface area contributed by atoms with Crippen molar-refractivity contribution in [1.82, 2.24) is 9.80 Å². The lowest BCUT2D eigenvalue weighted by Gasteiger charge is -2.53. The molecule has 2 heterocycles. The number of carbonyl (C=O) groups excluding carboxylic acids is 1. The molecule has 2 aliphatic heterocycles. The van der Waals surface area contributed by atoms with Crippen LogP contribution in [0.5, 0.6) is 0 Å². The Labute approximate surface area is 86.1 Å². The predicted octanol–water partition coefficient (Wildman–Crippen LogP) is 1.09. The molecule has 3 heteroatoms. The van der Waals surface area contributed by atoms with E-state index in [0.717, 1.165) is 13.1 Å². The number of piperidine rings is 1. The Morgan fingerprint density at radius 3 is 2.79 bits per heavy atom. The molecular formula is C11H20N2O. The standard InChI is InChI=1S/C11H20N2O/c1-9(14)13-8-11(2,3)12-6-4-5-10(13)7-12/h10H,4-8H2,1-3H3. The van der Waals surface area contributed by atoms with Gasteiger partial charge in [0.15, 0.2) is 0 Å². The topological polar surface area (TPSA) is 23.6 Å². The van der Waals surface area contributed by atoms with Crippen molar-refractivity contribution < 1.29 is 4.79 Å². The first-order chi connectivity index (χ1) is 6.50. The Hall–Kier alpha value is -0.570. The second-order valence-corrected chi connectivity index (χ2v) is 5.20. The average Bonchev–Trinajstić information content (AvgIpc) is 2.12. The highest BCUT2D eigenvalue weighted by atomic mass is 16.2. The lowest BCUT2D eigenvalue weighted by molar-refractivity contribution is -0.141. The van der Waals surface area contributed by atoms with E-state index < -0.39 is 0 Å². The van der Waals surface area contributed by atoms with Crippen molar-refractivity contribution in [3.05, 3.63) is 0 Å². The fourth-order valence-corrected chi connectivity index (χ4v) is 2.77. The summed E-state index contributed by atoms with van der Waals surface area (Å²) in [7, 11) is 0. The summed E-state index contributed by atoms with van der Waals surface area (Å²) in [6.07, 6.45) is 2.42. The third-order valence-electron chi connectivity index (χ3n) is 3.66. The van der Waals surface area contributed by atoms with Gasteiger partial charge in [-0.3, -0.25) is 9.69 Å². The Morgan fingerprint density at radius 1 is 1.43 bits per heavy atom. The number of hydrogen-bond donors (Lipinski definition) is 0. The summed E-state index contributed by atoms with van der Waals surface area (Å²) in [4.78, 5) is 16.1. The Balaban J connectivity index is 2.19. The van der Waals surface area contributed by atoms with Gasteiger partial charge in [-0.15, -0.1) is 0 Å². The zero-order valence-electron chi connectivity index (χ0n) is 9.42. The Bertz CT molecular complexity index is 250. The smallest absolute Gasteiger partial charge is 0.219 e. The van der Waals surface area contributed by atoms with Crippen molar-refractivity contribution in [2.45, 2.75) is 45.2 Å². The molecule has 0 spiro atoms. The Kier molecular flexibility index (Phi) is 2.30. The fourth-order valence-electron chi connectivity index (χ4n) is 2.77. The van der Waals surface area contributed by atoms with Gasteiger partial charge in [0.25, 0.3) is 0 Å². The van der Waals surface area contributed by atoms with Crippen LogP contribution >= 0.6 is 0 Å². The highest BCUT2D eigenvalue weighted by Gasteiger charge is 2.41. The van der Waals surface area contributed by atoms with Crippen LogP contribution in [-0.2, 0) is 4.79 Å². The molecule has 14 heavy (non-hydrogen) atoms. The summed E-state index contributed by atoms with van der Waals surface area (Å²) >= 11 is 0. The van der Waals surface area contributed by atoms with E-state index in [1.54, 1.807) is 6.92 Å². The lowest BCUT2D eigenvalue weighted by Crippen LogP contribution is -2.66. The lowest BCUT2D eigenvalue weighted by atomic mass is 9.90. The maximum Gasteiger partial charge on any atom is 0.219 e. The van der Waals surface area contributed by atoms with Crippen LogP contribution in [0.1, 0.15) is 33.6 Å². The first-order valence-corrected chi connectivity index (χ1v) is 5.53. The molecule has 0 saturated carbocycles. The Morgan fingerprint density at radius 2 is 2.14 bits per heavy atom. The number of nitrogens with zero attached hydrogens (tertiary/aromatic N) is 2. The number of amides is 1. The van der Waals surface area contributed by atoms with Gasteiger partial charge in [-0.05, 0) is 33.2 Å². The second-order valence-electron chi connectivity index (χ2n) is 5.20. The number of hydrogen-bond acceptors (Lipinski definition) is 2. The molecular weight excluding hydrogens is 176 g/mol. The molecule has 0 aromatic heterocycles. The molecule has 0 aromatic rings. The van der Waals surface area contributed by atoms with E-state index in [2.05, 4.69) is 23.6 Å². The highest BCUT2D eigenvalue weighted by molar-refractivity contribution is 5.74. The van der Waals surface area contributed by atoms with Gasteiger partial charge in [0.1, 0.15) is 0 Å². The molecule has 2 saturated heterocycles. The van der Waals surface area contributed by atoms with E-state index in [0.29, 0.717) is 6.04 Å². The van der Waals surface area contributed by atoms with E-state index in [4.69, 9.17) is 0 Å². The van der Waals surface area contributed by atoms with Crippen molar-refractivity contribution in [3.8, 4) is 0 Å². The van der Waals surface area contributed by atoms with Crippen LogP contribution in [0.25, 0.3) is 0 Å². The van der Waals surface area contributed by atoms with Gasteiger partial charge in [0.2, 0.25) is 5.91 Å². The summed E-state index contributed by atoms with van der Waals surface area (Å²) in [6, 6.07) is 0.481. The molecule has 0 aromatic carbocycles. The molecule has 0 aliphatic carbocycles. The van der Waals surface area contributed by atoms with Crippen molar-refractivity contribution in [2.24, 2.45) is 0 Å². The molecule has 2 bridgehead atoms. The monoisotopic (exact) mass is 196 g/mol. The van der Waals surface area contributed by atoms with Crippen LogP contribution in [0, 0.1) is 0 Å². The van der Waals surface area contributed by atoms with E-state index in [9.17, 15) is 4.79 Å². The van der Waals surface area contributed by atoms with E-state index in [1.165, 1.54) is 19.4 Å². The SMILES string of the molecule is CC(=O)N1CC(C)(C)N2CCCC1C2. The summed E-state index contributed by atoms with van der Waals surface area (Å²) in [5.41, 5.74) is 0.169. The third kappa shape index (κ3) is 1.54. The molecule has 2 atom stereocenters. The first kappa shape index (κ1) is 9.97. The molecule has 80 valence electrons.